The van der Waals surface area contributed by atoms with E-state index in [0.717, 1.165) is 54.1 Å². The van der Waals surface area contributed by atoms with E-state index in [2.05, 4.69) is 24.1 Å². The fraction of sp³-hybridized carbons (Fsp3) is 0.412. The van der Waals surface area contributed by atoms with Crippen molar-refractivity contribution in [3.63, 3.8) is 0 Å². The van der Waals surface area contributed by atoms with Crippen LogP contribution >= 0.6 is 11.8 Å². The van der Waals surface area contributed by atoms with Crippen molar-refractivity contribution in [2.75, 3.05) is 36.6 Å². The van der Waals surface area contributed by atoms with Crippen LogP contribution in [0.1, 0.15) is 12.6 Å². The number of morpholine rings is 1. The highest BCUT2D eigenvalue weighted by Crippen LogP contribution is 2.24. The largest absolute Gasteiger partial charge is 0.399 e. The summed E-state index contributed by atoms with van der Waals surface area (Å²) in [4.78, 5) is 11.8. The minimum Gasteiger partial charge on any atom is -0.399 e. The third-order valence-electron chi connectivity index (χ3n) is 3.89. The van der Waals surface area contributed by atoms with Crippen LogP contribution in [0.15, 0.2) is 30.3 Å². The second-order valence-corrected chi connectivity index (χ2v) is 6.58. The van der Waals surface area contributed by atoms with Crippen molar-refractivity contribution >= 4 is 23.3 Å². The van der Waals surface area contributed by atoms with Gasteiger partial charge in [0.1, 0.15) is 5.82 Å². The molecule has 2 heterocycles. The third-order valence-corrected chi connectivity index (χ3v) is 4.47. The van der Waals surface area contributed by atoms with Crippen molar-refractivity contribution in [2.24, 2.45) is 0 Å². The molecule has 0 bridgehead atoms. The molecule has 6 heteroatoms. The predicted molar refractivity (Wildman–Crippen MR) is 96.7 cm³/mol. The molecule has 23 heavy (non-hydrogen) atoms. The Hall–Kier alpha value is -1.79. The summed E-state index contributed by atoms with van der Waals surface area (Å²) in [7, 11) is 0. The minimum absolute atomic E-state index is 0.319. The lowest BCUT2D eigenvalue weighted by Crippen LogP contribution is -2.44. The fourth-order valence-corrected chi connectivity index (χ4v) is 3.12. The van der Waals surface area contributed by atoms with Crippen LogP contribution in [-0.4, -0.2) is 42.0 Å². The summed E-state index contributed by atoms with van der Waals surface area (Å²) in [5.41, 5.74) is 8.57. The lowest BCUT2D eigenvalue weighted by molar-refractivity contribution is 0.0985. The number of nitrogens with zero attached hydrogens (tertiary/aromatic N) is 3. The van der Waals surface area contributed by atoms with Crippen LogP contribution in [-0.2, 0) is 10.5 Å². The highest BCUT2D eigenvalue weighted by atomic mass is 32.2. The summed E-state index contributed by atoms with van der Waals surface area (Å²) >= 11 is 1.76. The quantitative estimate of drug-likeness (QED) is 0.870. The molecule has 5 nitrogen and oxygen atoms in total. The number of rotatable bonds is 4. The van der Waals surface area contributed by atoms with E-state index in [1.807, 2.05) is 24.3 Å². The standard InChI is InChI=1S/C17H22N4OS/c1-12-10-22-8-7-21(12)16-9-15(11-23-2)19-17(20-16)13-3-5-14(18)6-4-13/h3-6,9,12H,7-8,10-11,18H2,1-2H3. The van der Waals surface area contributed by atoms with Crippen LogP contribution < -0.4 is 10.6 Å². The van der Waals surface area contributed by atoms with Crippen molar-refractivity contribution in [1.82, 2.24) is 9.97 Å². The van der Waals surface area contributed by atoms with Crippen molar-refractivity contribution in [3.8, 4) is 11.4 Å². The van der Waals surface area contributed by atoms with Gasteiger partial charge in [-0.2, -0.15) is 11.8 Å². The summed E-state index contributed by atoms with van der Waals surface area (Å²) in [6.45, 7) is 4.50. The van der Waals surface area contributed by atoms with Crippen LogP contribution in [0.4, 0.5) is 11.5 Å². The smallest absolute Gasteiger partial charge is 0.161 e. The normalized spacial score (nSPS) is 18.2. The molecule has 1 aliphatic heterocycles. The molecule has 1 fully saturated rings. The zero-order valence-electron chi connectivity index (χ0n) is 13.5. The van der Waals surface area contributed by atoms with Gasteiger partial charge in [0.05, 0.1) is 24.9 Å². The zero-order chi connectivity index (χ0) is 16.2. The third kappa shape index (κ3) is 3.76. The molecule has 2 aromatic rings. The average Bonchev–Trinajstić information content (AvgIpc) is 2.56. The fourth-order valence-electron chi connectivity index (χ4n) is 2.68. The van der Waals surface area contributed by atoms with Gasteiger partial charge in [0.25, 0.3) is 0 Å². The van der Waals surface area contributed by atoms with Crippen molar-refractivity contribution in [2.45, 2.75) is 18.7 Å². The molecule has 1 aromatic heterocycles. The summed E-state index contributed by atoms with van der Waals surface area (Å²) in [6, 6.07) is 10.1. The van der Waals surface area contributed by atoms with Gasteiger partial charge < -0.3 is 15.4 Å². The van der Waals surface area contributed by atoms with E-state index in [0.29, 0.717) is 6.04 Å². The number of benzene rings is 1. The molecule has 0 saturated carbocycles. The average molecular weight is 330 g/mol. The molecule has 1 atom stereocenters. The second kappa shape index (κ2) is 7.19. The topological polar surface area (TPSA) is 64.3 Å². The van der Waals surface area contributed by atoms with Gasteiger partial charge in [0.2, 0.25) is 0 Å². The second-order valence-electron chi connectivity index (χ2n) is 5.71. The van der Waals surface area contributed by atoms with Crippen LogP contribution in [0.2, 0.25) is 0 Å². The maximum atomic E-state index is 5.78. The Kier molecular flexibility index (Phi) is 5.03. The first-order valence-corrected chi connectivity index (χ1v) is 9.14. The lowest BCUT2D eigenvalue weighted by Gasteiger charge is -2.34. The molecule has 1 saturated heterocycles. The molecule has 0 amide bonds. The Morgan fingerprint density at radius 3 is 2.78 bits per heavy atom. The first-order valence-electron chi connectivity index (χ1n) is 7.74. The van der Waals surface area contributed by atoms with Gasteiger partial charge in [0, 0.05) is 29.6 Å². The van der Waals surface area contributed by atoms with Crippen LogP contribution in [0.25, 0.3) is 11.4 Å². The molecule has 1 unspecified atom stereocenters. The summed E-state index contributed by atoms with van der Waals surface area (Å²) in [6.07, 6.45) is 2.09. The predicted octanol–water partition coefficient (Wildman–Crippen LogP) is 2.81. The van der Waals surface area contributed by atoms with E-state index >= 15 is 0 Å². The van der Waals surface area contributed by atoms with E-state index in [1.54, 1.807) is 11.8 Å². The lowest BCUT2D eigenvalue weighted by atomic mass is 10.2. The molecule has 1 aliphatic rings. The van der Waals surface area contributed by atoms with Gasteiger partial charge in [-0.3, -0.25) is 0 Å². The number of hydrogen-bond acceptors (Lipinski definition) is 6. The Balaban J connectivity index is 2.00. The first-order chi connectivity index (χ1) is 11.2. The van der Waals surface area contributed by atoms with Crippen molar-refractivity contribution < 1.29 is 4.74 Å². The number of aromatic nitrogens is 2. The molecule has 3 rings (SSSR count). The molecule has 1 aromatic carbocycles. The molecule has 122 valence electrons. The monoisotopic (exact) mass is 330 g/mol. The Bertz CT molecular complexity index is 662. The van der Waals surface area contributed by atoms with Crippen molar-refractivity contribution in [1.29, 1.82) is 0 Å². The number of nitrogen functional groups attached to an aromatic ring is 1. The van der Waals surface area contributed by atoms with Gasteiger partial charge in [-0.05, 0) is 37.4 Å². The Morgan fingerprint density at radius 2 is 2.09 bits per heavy atom. The van der Waals surface area contributed by atoms with Gasteiger partial charge in [0.15, 0.2) is 5.82 Å². The number of anilines is 2. The van der Waals surface area contributed by atoms with E-state index in [1.165, 1.54) is 0 Å². The van der Waals surface area contributed by atoms with Crippen LogP contribution in [0.3, 0.4) is 0 Å². The first kappa shape index (κ1) is 16.1. The van der Waals surface area contributed by atoms with Crippen LogP contribution in [0, 0.1) is 0 Å². The number of ether oxygens (including phenoxy) is 1. The number of hydrogen-bond donors (Lipinski definition) is 1. The minimum atomic E-state index is 0.319. The Labute approximate surface area is 141 Å². The molecule has 0 radical (unpaired) electrons. The van der Waals surface area contributed by atoms with Gasteiger partial charge in [-0.1, -0.05) is 0 Å². The molecule has 0 aliphatic carbocycles. The van der Waals surface area contributed by atoms with Crippen molar-refractivity contribution in [3.05, 3.63) is 36.0 Å². The van der Waals surface area contributed by atoms with E-state index < -0.39 is 0 Å². The molecule has 0 spiro atoms. The van der Waals surface area contributed by atoms with Gasteiger partial charge in [-0.25, -0.2) is 9.97 Å². The number of thioether (sulfide) groups is 1. The van der Waals surface area contributed by atoms with E-state index in [9.17, 15) is 0 Å². The molecule has 2 N–H and O–H groups in total. The zero-order valence-corrected chi connectivity index (χ0v) is 14.3. The highest BCUT2D eigenvalue weighted by Gasteiger charge is 2.21. The SMILES string of the molecule is CSCc1cc(N2CCOCC2C)nc(-c2ccc(N)cc2)n1. The maximum Gasteiger partial charge on any atom is 0.161 e. The highest BCUT2D eigenvalue weighted by molar-refractivity contribution is 7.97. The van der Waals surface area contributed by atoms with Crippen LogP contribution in [0.5, 0.6) is 0 Å². The summed E-state index contributed by atoms with van der Waals surface area (Å²) < 4.78 is 5.54. The van der Waals surface area contributed by atoms with Gasteiger partial charge in [-0.15, -0.1) is 0 Å². The van der Waals surface area contributed by atoms with E-state index in [4.69, 9.17) is 20.4 Å². The summed E-state index contributed by atoms with van der Waals surface area (Å²) in [5.74, 6) is 2.60. The summed E-state index contributed by atoms with van der Waals surface area (Å²) in [5, 5.41) is 0. The maximum absolute atomic E-state index is 5.78. The van der Waals surface area contributed by atoms with E-state index in [-0.39, 0.29) is 0 Å². The number of nitrogens with two attached hydrogens (primary N) is 1. The Morgan fingerprint density at radius 1 is 1.30 bits per heavy atom. The molecular formula is C17H22N4OS. The molecular weight excluding hydrogens is 308 g/mol. The van der Waals surface area contributed by atoms with Gasteiger partial charge >= 0.3 is 0 Å².